The normalized spacial score (nSPS) is 11.7. The molecule has 0 aromatic carbocycles. The fourth-order valence-electron chi connectivity index (χ4n) is 1.27. The van der Waals surface area contributed by atoms with Gasteiger partial charge in [0.25, 0.3) is 0 Å². The second-order valence-electron chi connectivity index (χ2n) is 3.89. The van der Waals surface area contributed by atoms with Gasteiger partial charge in [-0.1, -0.05) is 0 Å². The lowest BCUT2D eigenvalue weighted by Crippen LogP contribution is -2.47. The van der Waals surface area contributed by atoms with E-state index in [2.05, 4.69) is 16.0 Å². The van der Waals surface area contributed by atoms with Gasteiger partial charge in [-0.2, -0.15) is 0 Å². The molecule has 0 fully saturated rings. The van der Waals surface area contributed by atoms with E-state index in [-0.39, 0.29) is 18.9 Å². The summed E-state index contributed by atoms with van der Waals surface area (Å²) in [5.41, 5.74) is 0. The molecule has 0 saturated heterocycles. The molecule has 0 saturated carbocycles. The second kappa shape index (κ2) is 10.3. The van der Waals surface area contributed by atoms with Crippen molar-refractivity contribution < 1.29 is 24.2 Å². The zero-order valence-corrected chi connectivity index (χ0v) is 11.2. The highest BCUT2D eigenvalue weighted by molar-refractivity contribution is 5.82. The van der Waals surface area contributed by atoms with Gasteiger partial charge < -0.3 is 25.8 Å². The summed E-state index contributed by atoms with van der Waals surface area (Å²) in [6, 6.07) is -0.992. The Morgan fingerprint density at radius 2 is 1.95 bits per heavy atom. The number of nitrogens with one attached hydrogen (secondary N) is 3. The van der Waals surface area contributed by atoms with Crippen LogP contribution < -0.4 is 16.0 Å². The average Bonchev–Trinajstić information content (AvgIpc) is 2.32. The van der Waals surface area contributed by atoms with Crippen molar-refractivity contribution >= 4 is 17.8 Å². The van der Waals surface area contributed by atoms with Gasteiger partial charge in [0.15, 0.2) is 0 Å². The minimum absolute atomic E-state index is 0.0697. The van der Waals surface area contributed by atoms with Crippen LogP contribution in [0, 0.1) is 0 Å². The van der Waals surface area contributed by atoms with E-state index in [0.717, 1.165) is 0 Å². The first-order valence-electron chi connectivity index (χ1n) is 5.93. The lowest BCUT2D eigenvalue weighted by atomic mass is 10.3. The maximum Gasteiger partial charge on any atom is 0.327 e. The second-order valence-corrected chi connectivity index (χ2v) is 3.89. The van der Waals surface area contributed by atoms with E-state index in [1.165, 1.54) is 6.92 Å². The van der Waals surface area contributed by atoms with Crippen molar-refractivity contribution in [2.24, 2.45) is 0 Å². The van der Waals surface area contributed by atoms with Crippen LogP contribution in [0.3, 0.4) is 0 Å². The van der Waals surface area contributed by atoms with Crippen LogP contribution in [-0.2, 0) is 19.1 Å². The van der Waals surface area contributed by atoms with Gasteiger partial charge in [-0.05, 0) is 0 Å². The van der Waals surface area contributed by atoms with Crippen molar-refractivity contribution in [1.82, 2.24) is 16.0 Å². The summed E-state index contributed by atoms with van der Waals surface area (Å²) >= 11 is 0. The summed E-state index contributed by atoms with van der Waals surface area (Å²) in [5.74, 6) is -1.67. The zero-order chi connectivity index (χ0) is 14.7. The predicted octanol–water partition coefficient (Wildman–Crippen LogP) is -1.68. The van der Waals surface area contributed by atoms with E-state index in [4.69, 9.17) is 9.84 Å². The average molecular weight is 275 g/mol. The van der Waals surface area contributed by atoms with Crippen molar-refractivity contribution in [3.05, 3.63) is 0 Å². The fraction of sp³-hybridized carbons (Fsp3) is 0.727. The van der Waals surface area contributed by atoms with Gasteiger partial charge in [-0.3, -0.25) is 9.59 Å². The van der Waals surface area contributed by atoms with Crippen LogP contribution in [0.5, 0.6) is 0 Å². The number of carboxylic acids is 1. The molecule has 1 atom stereocenters. The molecule has 0 rings (SSSR count). The number of ether oxygens (including phenoxy) is 1. The van der Waals surface area contributed by atoms with Crippen molar-refractivity contribution in [2.75, 3.05) is 33.4 Å². The van der Waals surface area contributed by atoms with Gasteiger partial charge >= 0.3 is 5.97 Å². The molecule has 0 aromatic heterocycles. The van der Waals surface area contributed by atoms with Gasteiger partial charge in [0.1, 0.15) is 6.04 Å². The molecular formula is C11H21N3O5. The molecule has 0 aromatic rings. The predicted molar refractivity (Wildman–Crippen MR) is 67.6 cm³/mol. The number of aliphatic carboxylic acids is 1. The number of hydrogen-bond donors (Lipinski definition) is 4. The summed E-state index contributed by atoms with van der Waals surface area (Å²) in [5, 5.41) is 16.6. The Hall–Kier alpha value is -1.67. The smallest absolute Gasteiger partial charge is 0.327 e. The van der Waals surface area contributed by atoms with Crippen LogP contribution in [0.25, 0.3) is 0 Å². The molecule has 0 heterocycles. The number of amides is 2. The minimum Gasteiger partial charge on any atom is -0.480 e. The zero-order valence-electron chi connectivity index (χ0n) is 11.2. The summed E-state index contributed by atoms with van der Waals surface area (Å²) < 4.78 is 4.78. The molecule has 110 valence electrons. The third-order valence-corrected chi connectivity index (χ3v) is 2.18. The van der Waals surface area contributed by atoms with E-state index >= 15 is 0 Å². The molecule has 0 radical (unpaired) electrons. The Morgan fingerprint density at radius 1 is 1.26 bits per heavy atom. The quantitative estimate of drug-likeness (QED) is 0.354. The van der Waals surface area contributed by atoms with Gasteiger partial charge in [-0.25, -0.2) is 4.79 Å². The number of rotatable bonds is 10. The highest BCUT2D eigenvalue weighted by Gasteiger charge is 2.17. The first kappa shape index (κ1) is 17.3. The third-order valence-electron chi connectivity index (χ3n) is 2.18. The highest BCUT2D eigenvalue weighted by atomic mass is 16.5. The highest BCUT2D eigenvalue weighted by Crippen LogP contribution is 1.84. The molecule has 8 heteroatoms. The van der Waals surface area contributed by atoms with Crippen molar-refractivity contribution in [2.45, 2.75) is 19.4 Å². The number of carboxylic acid groups (broad SMARTS) is 1. The largest absolute Gasteiger partial charge is 0.480 e. The van der Waals surface area contributed by atoms with Gasteiger partial charge in [-0.15, -0.1) is 0 Å². The Morgan fingerprint density at radius 3 is 2.47 bits per heavy atom. The lowest BCUT2D eigenvalue weighted by Gasteiger charge is -2.13. The monoisotopic (exact) mass is 275 g/mol. The number of hydrogen-bond acceptors (Lipinski definition) is 5. The van der Waals surface area contributed by atoms with E-state index in [1.54, 1.807) is 7.11 Å². The van der Waals surface area contributed by atoms with Crippen LogP contribution in [-0.4, -0.2) is 62.3 Å². The third kappa shape index (κ3) is 9.98. The minimum atomic E-state index is -1.12. The maximum atomic E-state index is 11.3. The maximum absolute atomic E-state index is 11.3. The number of carbonyl (C=O) groups excluding carboxylic acids is 2. The summed E-state index contributed by atoms with van der Waals surface area (Å²) in [6.07, 6.45) is 0.232. The molecule has 0 spiro atoms. The van der Waals surface area contributed by atoms with Crippen molar-refractivity contribution in [3.8, 4) is 0 Å². The van der Waals surface area contributed by atoms with Gasteiger partial charge in [0, 0.05) is 40.1 Å². The van der Waals surface area contributed by atoms with E-state index < -0.39 is 17.9 Å². The van der Waals surface area contributed by atoms with Crippen LogP contribution >= 0.6 is 0 Å². The van der Waals surface area contributed by atoms with E-state index in [0.29, 0.717) is 19.7 Å². The first-order valence-corrected chi connectivity index (χ1v) is 5.93. The molecular weight excluding hydrogens is 254 g/mol. The Bertz CT molecular complexity index is 309. The topological polar surface area (TPSA) is 117 Å². The first-order chi connectivity index (χ1) is 8.97. The van der Waals surface area contributed by atoms with Crippen LogP contribution in [0.15, 0.2) is 0 Å². The Kier molecular flexibility index (Phi) is 9.37. The Balaban J connectivity index is 3.73. The van der Waals surface area contributed by atoms with Crippen LogP contribution in [0.1, 0.15) is 13.3 Å². The standard InChI is InChI=1S/C11H21N3O5/c1-8(15)14-9(11(17)18)7-12-4-3-10(16)13-5-6-19-2/h9,12H,3-7H2,1-2H3,(H,13,16)(H,14,15)(H,17,18). The summed E-state index contributed by atoms with van der Waals surface area (Å²) in [7, 11) is 1.54. The van der Waals surface area contributed by atoms with Gasteiger partial charge in [0.2, 0.25) is 11.8 Å². The SMILES string of the molecule is COCCNC(=O)CCNCC(NC(C)=O)C(=O)O. The summed E-state index contributed by atoms with van der Waals surface area (Å²) in [4.78, 5) is 32.8. The fourth-order valence-corrected chi connectivity index (χ4v) is 1.27. The number of methoxy groups -OCH3 is 1. The molecule has 2 amide bonds. The van der Waals surface area contributed by atoms with Gasteiger partial charge in [0.05, 0.1) is 6.61 Å². The van der Waals surface area contributed by atoms with E-state index in [1.807, 2.05) is 0 Å². The number of carbonyl (C=O) groups is 3. The van der Waals surface area contributed by atoms with Crippen LogP contribution in [0.2, 0.25) is 0 Å². The molecule has 0 bridgehead atoms. The Labute approximate surface area is 111 Å². The summed E-state index contributed by atoms with van der Waals surface area (Å²) in [6.45, 7) is 2.55. The molecule has 0 aliphatic carbocycles. The lowest BCUT2D eigenvalue weighted by molar-refractivity contribution is -0.141. The molecule has 0 aliphatic heterocycles. The molecule has 8 nitrogen and oxygen atoms in total. The van der Waals surface area contributed by atoms with Crippen molar-refractivity contribution in [1.29, 1.82) is 0 Å². The van der Waals surface area contributed by atoms with Crippen molar-refractivity contribution in [3.63, 3.8) is 0 Å². The molecule has 4 N–H and O–H groups in total. The van der Waals surface area contributed by atoms with Crippen LogP contribution in [0.4, 0.5) is 0 Å². The molecule has 1 unspecified atom stereocenters. The molecule has 0 aliphatic rings. The van der Waals surface area contributed by atoms with E-state index in [9.17, 15) is 14.4 Å². The molecule has 19 heavy (non-hydrogen) atoms.